The Labute approximate surface area is 82.5 Å². The number of carboxylic acid groups (broad SMARTS) is 1. The Morgan fingerprint density at radius 2 is 2.08 bits per heavy atom. The van der Waals surface area contributed by atoms with E-state index in [-0.39, 0.29) is 5.25 Å². The van der Waals surface area contributed by atoms with Gasteiger partial charge in [0.1, 0.15) is 5.25 Å². The van der Waals surface area contributed by atoms with Gasteiger partial charge in [-0.1, -0.05) is 13.8 Å². The predicted octanol–water partition coefficient (Wildman–Crippen LogP) is 2.34. The van der Waals surface area contributed by atoms with Crippen molar-refractivity contribution in [3.8, 4) is 0 Å². The van der Waals surface area contributed by atoms with Gasteiger partial charge in [-0.05, 0) is 12.2 Å². The Kier molecular flexibility index (Phi) is 7.91. The molecule has 0 amide bonds. The monoisotopic (exact) mass is 208 g/mol. The molecule has 72 valence electrons. The average Bonchev–Trinajstić information content (AvgIpc) is 2.04. The fourth-order valence-corrected chi connectivity index (χ4v) is 2.57. The summed E-state index contributed by atoms with van der Waals surface area (Å²) in [6, 6.07) is 0. The molecule has 0 bridgehead atoms. The Bertz CT molecular complexity index is 128. The maximum Gasteiger partial charge on any atom is 0.316 e. The van der Waals surface area contributed by atoms with E-state index in [0.29, 0.717) is 0 Å². The van der Waals surface area contributed by atoms with Crippen molar-refractivity contribution < 1.29 is 9.90 Å². The highest BCUT2D eigenvalue weighted by molar-refractivity contribution is 8.03. The molecule has 1 N–H and O–H groups in total. The van der Waals surface area contributed by atoms with Crippen LogP contribution < -0.4 is 0 Å². The zero-order chi connectivity index (χ0) is 9.40. The largest absolute Gasteiger partial charge is 0.480 e. The Morgan fingerprint density at radius 3 is 2.50 bits per heavy atom. The highest BCUT2D eigenvalue weighted by Crippen LogP contribution is 2.16. The van der Waals surface area contributed by atoms with Crippen molar-refractivity contribution in [2.45, 2.75) is 25.5 Å². The van der Waals surface area contributed by atoms with E-state index < -0.39 is 5.97 Å². The van der Waals surface area contributed by atoms with Gasteiger partial charge in [-0.15, -0.1) is 11.8 Å². The van der Waals surface area contributed by atoms with Gasteiger partial charge in [0.25, 0.3) is 0 Å². The Balaban J connectivity index is 3.38. The van der Waals surface area contributed by atoms with E-state index in [2.05, 4.69) is 6.92 Å². The Morgan fingerprint density at radius 1 is 1.42 bits per heavy atom. The van der Waals surface area contributed by atoms with E-state index in [0.717, 1.165) is 23.7 Å². The molecule has 0 rings (SSSR count). The van der Waals surface area contributed by atoms with Gasteiger partial charge in [0.05, 0.1) is 0 Å². The summed E-state index contributed by atoms with van der Waals surface area (Å²) in [6.07, 6.45) is 0.719. The molecule has 0 fully saturated rings. The normalized spacial score (nSPS) is 12.8. The number of aliphatic carboxylic acids is 1. The zero-order valence-corrected chi connectivity index (χ0v) is 9.21. The standard InChI is InChI=1S/C8H16O2S2/c1-3-7(8(9)10)12-6-5-11-4-2/h7H,3-6H2,1-2H3,(H,9,10). The molecule has 12 heavy (non-hydrogen) atoms. The van der Waals surface area contributed by atoms with Crippen molar-refractivity contribution in [3.63, 3.8) is 0 Å². The van der Waals surface area contributed by atoms with Crippen LogP contribution in [0.25, 0.3) is 0 Å². The van der Waals surface area contributed by atoms with Crippen molar-refractivity contribution in [2.24, 2.45) is 0 Å². The van der Waals surface area contributed by atoms with Crippen molar-refractivity contribution in [2.75, 3.05) is 17.3 Å². The first-order valence-electron chi connectivity index (χ1n) is 4.14. The van der Waals surface area contributed by atoms with Gasteiger partial charge in [-0.3, -0.25) is 4.79 Å². The van der Waals surface area contributed by atoms with E-state index in [1.54, 1.807) is 11.8 Å². The molecule has 1 unspecified atom stereocenters. The SMILES string of the molecule is CCSCCSC(CC)C(=O)O. The molecule has 0 heterocycles. The smallest absolute Gasteiger partial charge is 0.316 e. The van der Waals surface area contributed by atoms with Crippen LogP contribution in [0.5, 0.6) is 0 Å². The van der Waals surface area contributed by atoms with Crippen molar-refractivity contribution in [1.29, 1.82) is 0 Å². The molecule has 4 heteroatoms. The van der Waals surface area contributed by atoms with Crippen LogP contribution in [0.4, 0.5) is 0 Å². The van der Waals surface area contributed by atoms with E-state index in [4.69, 9.17) is 5.11 Å². The van der Waals surface area contributed by atoms with Gasteiger partial charge in [0.2, 0.25) is 0 Å². The van der Waals surface area contributed by atoms with E-state index in [1.165, 1.54) is 0 Å². The molecular formula is C8H16O2S2. The average molecular weight is 208 g/mol. The Hall–Kier alpha value is 0.170. The van der Waals surface area contributed by atoms with Gasteiger partial charge < -0.3 is 5.11 Å². The summed E-state index contributed by atoms with van der Waals surface area (Å²) < 4.78 is 0. The summed E-state index contributed by atoms with van der Waals surface area (Å²) in [5.41, 5.74) is 0. The van der Waals surface area contributed by atoms with Crippen LogP contribution in [0.2, 0.25) is 0 Å². The molecular weight excluding hydrogens is 192 g/mol. The van der Waals surface area contributed by atoms with E-state index in [9.17, 15) is 4.79 Å². The van der Waals surface area contributed by atoms with Gasteiger partial charge in [0.15, 0.2) is 0 Å². The third-order valence-electron chi connectivity index (χ3n) is 1.40. The molecule has 0 aromatic heterocycles. The quantitative estimate of drug-likeness (QED) is 0.652. The molecule has 0 spiro atoms. The second kappa shape index (κ2) is 7.80. The molecule has 1 atom stereocenters. The lowest BCUT2D eigenvalue weighted by Gasteiger charge is -2.07. The van der Waals surface area contributed by atoms with Crippen LogP contribution in [0.15, 0.2) is 0 Å². The molecule has 0 aliphatic rings. The van der Waals surface area contributed by atoms with Crippen LogP contribution in [-0.2, 0) is 4.79 Å². The molecule has 0 saturated carbocycles. The van der Waals surface area contributed by atoms with Gasteiger partial charge in [-0.2, -0.15) is 11.8 Å². The molecule has 0 aliphatic carbocycles. The fourth-order valence-electron chi connectivity index (χ4n) is 0.757. The number of rotatable bonds is 7. The summed E-state index contributed by atoms with van der Waals surface area (Å²) >= 11 is 3.41. The van der Waals surface area contributed by atoms with Crippen LogP contribution >= 0.6 is 23.5 Å². The van der Waals surface area contributed by atoms with Crippen LogP contribution in [-0.4, -0.2) is 33.6 Å². The van der Waals surface area contributed by atoms with Crippen molar-refractivity contribution in [3.05, 3.63) is 0 Å². The molecule has 0 saturated heterocycles. The lowest BCUT2D eigenvalue weighted by atomic mass is 10.3. The first-order chi connectivity index (χ1) is 5.72. The predicted molar refractivity (Wildman–Crippen MR) is 57.2 cm³/mol. The van der Waals surface area contributed by atoms with Crippen LogP contribution in [0.3, 0.4) is 0 Å². The second-order valence-electron chi connectivity index (χ2n) is 2.30. The fraction of sp³-hybridized carbons (Fsp3) is 0.875. The van der Waals surface area contributed by atoms with Crippen molar-refractivity contribution in [1.82, 2.24) is 0 Å². The number of carbonyl (C=O) groups is 1. The first kappa shape index (κ1) is 12.2. The third kappa shape index (κ3) is 5.77. The maximum atomic E-state index is 10.6. The summed E-state index contributed by atoms with van der Waals surface area (Å²) in [7, 11) is 0. The minimum atomic E-state index is -0.677. The molecule has 0 aliphatic heterocycles. The highest BCUT2D eigenvalue weighted by Gasteiger charge is 2.14. The summed E-state index contributed by atoms with van der Waals surface area (Å²) in [5, 5.41) is 8.50. The summed E-state index contributed by atoms with van der Waals surface area (Å²) in [6.45, 7) is 4.03. The van der Waals surface area contributed by atoms with Gasteiger partial charge in [0, 0.05) is 11.5 Å². The zero-order valence-electron chi connectivity index (χ0n) is 7.58. The minimum absolute atomic E-state index is 0.206. The van der Waals surface area contributed by atoms with E-state index in [1.807, 2.05) is 18.7 Å². The number of thioether (sulfide) groups is 2. The topological polar surface area (TPSA) is 37.3 Å². The van der Waals surface area contributed by atoms with Crippen LogP contribution in [0.1, 0.15) is 20.3 Å². The summed E-state index contributed by atoms with van der Waals surface area (Å²) in [4.78, 5) is 10.6. The highest BCUT2D eigenvalue weighted by atomic mass is 32.2. The lowest BCUT2D eigenvalue weighted by molar-refractivity contribution is -0.136. The number of carboxylic acids is 1. The molecule has 0 radical (unpaired) electrons. The van der Waals surface area contributed by atoms with Crippen LogP contribution in [0, 0.1) is 0 Å². The molecule has 2 nitrogen and oxygen atoms in total. The molecule has 0 aromatic carbocycles. The maximum absolute atomic E-state index is 10.6. The second-order valence-corrected chi connectivity index (χ2v) is 5.01. The first-order valence-corrected chi connectivity index (χ1v) is 6.34. The van der Waals surface area contributed by atoms with Crippen molar-refractivity contribution >= 4 is 29.5 Å². The lowest BCUT2D eigenvalue weighted by Crippen LogP contribution is -2.15. The van der Waals surface area contributed by atoms with Gasteiger partial charge in [-0.25, -0.2) is 0 Å². The number of hydrogen-bond donors (Lipinski definition) is 1. The number of hydrogen-bond acceptors (Lipinski definition) is 3. The molecule has 0 aromatic rings. The van der Waals surface area contributed by atoms with E-state index >= 15 is 0 Å². The minimum Gasteiger partial charge on any atom is -0.480 e. The third-order valence-corrected chi connectivity index (χ3v) is 3.93. The summed E-state index contributed by atoms with van der Waals surface area (Å²) in [5.74, 6) is 2.45. The van der Waals surface area contributed by atoms with Gasteiger partial charge >= 0.3 is 5.97 Å².